The Balaban J connectivity index is 2.12. The van der Waals surface area contributed by atoms with Gasteiger partial charge in [0.1, 0.15) is 0 Å². The maximum atomic E-state index is 12.0. The lowest BCUT2D eigenvalue weighted by atomic mass is 9.90. The van der Waals surface area contributed by atoms with E-state index in [1.165, 1.54) is 24.0 Å². The highest BCUT2D eigenvalue weighted by Crippen LogP contribution is 2.27. The standard InChI is InChI=1S/C15H22N2O/c1-2-6-13(16)15(18)17-14-10-5-8-11-7-3-4-9-12(11)14/h5,8,10,13H,2-4,6-7,9,16H2,1H3,(H,17,18)/t13-/m0/s1. The first-order valence-electron chi connectivity index (χ1n) is 6.89. The van der Waals surface area contributed by atoms with Crippen molar-refractivity contribution < 1.29 is 4.79 Å². The number of benzene rings is 1. The van der Waals surface area contributed by atoms with E-state index < -0.39 is 6.04 Å². The second-order valence-electron chi connectivity index (χ2n) is 5.03. The summed E-state index contributed by atoms with van der Waals surface area (Å²) >= 11 is 0. The molecule has 0 bridgehead atoms. The van der Waals surface area contributed by atoms with E-state index in [0.717, 1.165) is 31.4 Å². The highest BCUT2D eigenvalue weighted by atomic mass is 16.2. The van der Waals surface area contributed by atoms with E-state index in [-0.39, 0.29) is 5.91 Å². The third kappa shape index (κ3) is 2.91. The van der Waals surface area contributed by atoms with E-state index in [9.17, 15) is 4.79 Å². The van der Waals surface area contributed by atoms with E-state index in [1.807, 2.05) is 19.1 Å². The van der Waals surface area contributed by atoms with Gasteiger partial charge in [0, 0.05) is 5.69 Å². The van der Waals surface area contributed by atoms with Crippen LogP contribution in [0.1, 0.15) is 43.7 Å². The van der Waals surface area contributed by atoms with Crippen LogP contribution in [-0.2, 0) is 17.6 Å². The molecular weight excluding hydrogens is 224 g/mol. The number of amides is 1. The Morgan fingerprint density at radius 1 is 1.39 bits per heavy atom. The van der Waals surface area contributed by atoms with Crippen molar-refractivity contribution in [2.45, 2.75) is 51.5 Å². The molecule has 1 aliphatic carbocycles. The second kappa shape index (κ2) is 6.01. The number of hydrogen-bond acceptors (Lipinski definition) is 2. The number of nitrogens with one attached hydrogen (secondary N) is 1. The topological polar surface area (TPSA) is 55.1 Å². The zero-order chi connectivity index (χ0) is 13.0. The lowest BCUT2D eigenvalue weighted by molar-refractivity contribution is -0.117. The van der Waals surface area contributed by atoms with Crippen LogP contribution in [0.3, 0.4) is 0 Å². The largest absolute Gasteiger partial charge is 0.324 e. The van der Waals surface area contributed by atoms with Crippen LogP contribution in [0.15, 0.2) is 18.2 Å². The molecule has 1 aromatic carbocycles. The lowest BCUT2D eigenvalue weighted by Crippen LogP contribution is -2.35. The molecule has 2 rings (SSSR count). The zero-order valence-electron chi connectivity index (χ0n) is 11.0. The maximum Gasteiger partial charge on any atom is 0.241 e. The summed E-state index contributed by atoms with van der Waals surface area (Å²) in [6.45, 7) is 2.04. The summed E-state index contributed by atoms with van der Waals surface area (Å²) in [6, 6.07) is 5.77. The first kappa shape index (κ1) is 13.1. The minimum atomic E-state index is -0.394. The van der Waals surface area contributed by atoms with Crippen molar-refractivity contribution in [1.82, 2.24) is 0 Å². The Bertz CT molecular complexity index is 429. The summed E-state index contributed by atoms with van der Waals surface area (Å²) in [4.78, 5) is 12.0. The van der Waals surface area contributed by atoms with Crippen molar-refractivity contribution >= 4 is 11.6 Å². The first-order chi connectivity index (χ1) is 8.72. The first-order valence-corrected chi connectivity index (χ1v) is 6.89. The summed E-state index contributed by atoms with van der Waals surface area (Å²) in [5, 5.41) is 2.99. The van der Waals surface area contributed by atoms with Crippen LogP contribution < -0.4 is 11.1 Å². The Hall–Kier alpha value is -1.35. The Morgan fingerprint density at radius 2 is 2.17 bits per heavy atom. The molecule has 1 amide bonds. The van der Waals surface area contributed by atoms with E-state index in [1.54, 1.807) is 0 Å². The quantitative estimate of drug-likeness (QED) is 0.858. The smallest absolute Gasteiger partial charge is 0.241 e. The third-order valence-corrected chi connectivity index (χ3v) is 3.59. The van der Waals surface area contributed by atoms with Crippen molar-refractivity contribution in [3.63, 3.8) is 0 Å². The highest BCUT2D eigenvalue weighted by Gasteiger charge is 2.17. The van der Waals surface area contributed by atoms with Gasteiger partial charge >= 0.3 is 0 Å². The average Bonchev–Trinajstić information content (AvgIpc) is 2.39. The van der Waals surface area contributed by atoms with Gasteiger partial charge in [0.15, 0.2) is 0 Å². The van der Waals surface area contributed by atoms with Gasteiger partial charge in [-0.05, 0) is 49.3 Å². The molecule has 0 saturated heterocycles. The molecule has 0 heterocycles. The summed E-state index contributed by atoms with van der Waals surface area (Å²) in [6.07, 6.45) is 6.32. The van der Waals surface area contributed by atoms with Gasteiger partial charge < -0.3 is 11.1 Å². The van der Waals surface area contributed by atoms with Gasteiger partial charge in [-0.3, -0.25) is 4.79 Å². The minimum absolute atomic E-state index is 0.0594. The summed E-state index contributed by atoms with van der Waals surface area (Å²) < 4.78 is 0. The number of aryl methyl sites for hydroxylation is 1. The molecule has 98 valence electrons. The molecule has 0 fully saturated rings. The van der Waals surface area contributed by atoms with Gasteiger partial charge in [0.05, 0.1) is 6.04 Å². The molecule has 3 N–H and O–H groups in total. The molecule has 1 aromatic rings. The van der Waals surface area contributed by atoms with Crippen LogP contribution in [-0.4, -0.2) is 11.9 Å². The number of anilines is 1. The van der Waals surface area contributed by atoms with Gasteiger partial charge in [-0.2, -0.15) is 0 Å². The van der Waals surface area contributed by atoms with Gasteiger partial charge in [-0.15, -0.1) is 0 Å². The molecule has 1 atom stereocenters. The van der Waals surface area contributed by atoms with Gasteiger partial charge in [-0.1, -0.05) is 25.5 Å². The zero-order valence-corrected chi connectivity index (χ0v) is 11.0. The predicted octanol–water partition coefficient (Wildman–Crippen LogP) is 2.63. The number of rotatable bonds is 4. The molecule has 0 saturated carbocycles. The average molecular weight is 246 g/mol. The Labute approximate surface area is 109 Å². The number of carbonyl (C=O) groups is 1. The van der Waals surface area contributed by atoms with Crippen LogP contribution in [0.5, 0.6) is 0 Å². The third-order valence-electron chi connectivity index (χ3n) is 3.59. The van der Waals surface area contributed by atoms with E-state index in [0.29, 0.717) is 0 Å². The predicted molar refractivity (Wildman–Crippen MR) is 74.6 cm³/mol. The fourth-order valence-electron chi connectivity index (χ4n) is 2.57. The molecule has 0 spiro atoms. The lowest BCUT2D eigenvalue weighted by Gasteiger charge is -2.20. The summed E-state index contributed by atoms with van der Waals surface area (Å²) in [5.41, 5.74) is 9.49. The Kier molecular flexibility index (Phi) is 4.37. The summed E-state index contributed by atoms with van der Waals surface area (Å²) in [7, 11) is 0. The number of hydrogen-bond donors (Lipinski definition) is 2. The number of carbonyl (C=O) groups excluding carboxylic acids is 1. The van der Waals surface area contributed by atoms with Crippen molar-refractivity contribution in [3.05, 3.63) is 29.3 Å². The molecule has 0 radical (unpaired) electrons. The van der Waals surface area contributed by atoms with Gasteiger partial charge in [0.2, 0.25) is 5.91 Å². The monoisotopic (exact) mass is 246 g/mol. The fourth-order valence-corrected chi connectivity index (χ4v) is 2.57. The van der Waals surface area contributed by atoms with Crippen LogP contribution in [0.4, 0.5) is 5.69 Å². The summed E-state index contributed by atoms with van der Waals surface area (Å²) in [5.74, 6) is -0.0594. The van der Waals surface area contributed by atoms with Crippen molar-refractivity contribution in [3.8, 4) is 0 Å². The maximum absolute atomic E-state index is 12.0. The highest BCUT2D eigenvalue weighted by molar-refractivity contribution is 5.95. The van der Waals surface area contributed by atoms with Crippen LogP contribution in [0.2, 0.25) is 0 Å². The Morgan fingerprint density at radius 3 is 2.94 bits per heavy atom. The molecule has 0 aromatic heterocycles. The molecule has 3 nitrogen and oxygen atoms in total. The fraction of sp³-hybridized carbons (Fsp3) is 0.533. The van der Waals surface area contributed by atoms with E-state index in [4.69, 9.17) is 5.73 Å². The van der Waals surface area contributed by atoms with Crippen molar-refractivity contribution in [2.75, 3.05) is 5.32 Å². The number of nitrogens with two attached hydrogens (primary N) is 1. The normalized spacial score (nSPS) is 15.9. The van der Waals surface area contributed by atoms with Gasteiger partial charge in [0.25, 0.3) is 0 Å². The van der Waals surface area contributed by atoms with Crippen LogP contribution in [0.25, 0.3) is 0 Å². The van der Waals surface area contributed by atoms with Crippen LogP contribution >= 0.6 is 0 Å². The molecule has 3 heteroatoms. The minimum Gasteiger partial charge on any atom is -0.324 e. The second-order valence-corrected chi connectivity index (χ2v) is 5.03. The van der Waals surface area contributed by atoms with Crippen LogP contribution in [0, 0.1) is 0 Å². The molecular formula is C15H22N2O. The number of fused-ring (bicyclic) bond motifs is 1. The van der Waals surface area contributed by atoms with E-state index in [2.05, 4.69) is 11.4 Å². The van der Waals surface area contributed by atoms with E-state index >= 15 is 0 Å². The molecule has 0 unspecified atom stereocenters. The SMILES string of the molecule is CCC[C@H](N)C(=O)Nc1cccc2c1CCCC2. The molecule has 18 heavy (non-hydrogen) atoms. The van der Waals surface area contributed by atoms with Crippen molar-refractivity contribution in [2.24, 2.45) is 5.73 Å². The van der Waals surface area contributed by atoms with Gasteiger partial charge in [-0.25, -0.2) is 0 Å². The molecule has 1 aliphatic rings. The molecule has 0 aliphatic heterocycles. The van der Waals surface area contributed by atoms with Crippen molar-refractivity contribution in [1.29, 1.82) is 0 Å².